The number of amides is 2. The van der Waals surface area contributed by atoms with E-state index in [1.165, 1.54) is 23.2 Å². The highest BCUT2D eigenvalue weighted by atomic mass is 79.9. The first kappa shape index (κ1) is 23.6. The minimum absolute atomic E-state index is 0.0361. The molecule has 1 saturated heterocycles. The van der Waals surface area contributed by atoms with Gasteiger partial charge in [0.2, 0.25) is 5.91 Å². The normalized spacial score (nSPS) is 23.6. The number of anilines is 1. The van der Waals surface area contributed by atoms with E-state index >= 15 is 0 Å². The highest BCUT2D eigenvalue weighted by Crippen LogP contribution is 2.38. The Balaban J connectivity index is 1.62. The van der Waals surface area contributed by atoms with Gasteiger partial charge in [0.1, 0.15) is 12.6 Å². The quantitative estimate of drug-likeness (QED) is 0.545. The average molecular weight is 530 g/mol. The van der Waals surface area contributed by atoms with Crippen LogP contribution in [0.15, 0.2) is 41.0 Å². The molecule has 1 aliphatic heterocycles. The van der Waals surface area contributed by atoms with Crippen molar-refractivity contribution < 1.29 is 31.9 Å². The molecule has 6 nitrogen and oxygen atoms in total. The van der Waals surface area contributed by atoms with E-state index in [-0.39, 0.29) is 24.4 Å². The number of carbonyl (C=O) groups is 2. The van der Waals surface area contributed by atoms with Crippen molar-refractivity contribution in [3.05, 3.63) is 57.9 Å². The monoisotopic (exact) mass is 529 g/mol. The van der Waals surface area contributed by atoms with Crippen LogP contribution in [0.1, 0.15) is 24.0 Å². The number of halogens is 5. The summed E-state index contributed by atoms with van der Waals surface area (Å²) in [6.07, 6.45) is -2.11. The molecular weight excluding hydrogens is 510 g/mol. The van der Waals surface area contributed by atoms with Crippen LogP contribution in [0.3, 0.4) is 0 Å². The Morgan fingerprint density at radius 1 is 1.18 bits per heavy atom. The lowest BCUT2D eigenvalue weighted by Gasteiger charge is -2.47. The largest absolute Gasteiger partial charge is 0.416 e. The number of benzene rings is 1. The molecule has 1 unspecified atom stereocenters. The van der Waals surface area contributed by atoms with Crippen LogP contribution in [0, 0.1) is 11.7 Å². The van der Waals surface area contributed by atoms with E-state index < -0.39 is 42.0 Å². The summed E-state index contributed by atoms with van der Waals surface area (Å²) in [6, 6.07) is 4.73. The number of aromatic nitrogens is 1. The third kappa shape index (κ3) is 4.74. The van der Waals surface area contributed by atoms with Crippen LogP contribution in [0.25, 0.3) is 0 Å². The second kappa shape index (κ2) is 9.02. The molecule has 2 aromatic rings. The van der Waals surface area contributed by atoms with E-state index in [0.29, 0.717) is 22.9 Å². The second-order valence-electron chi connectivity index (χ2n) is 8.13. The summed E-state index contributed by atoms with van der Waals surface area (Å²) in [5, 5.41) is 0. The Labute approximate surface area is 195 Å². The highest BCUT2D eigenvalue weighted by molar-refractivity contribution is 9.10. The Morgan fingerprint density at radius 3 is 2.42 bits per heavy atom. The summed E-state index contributed by atoms with van der Waals surface area (Å²) >= 11 is 3.12. The van der Waals surface area contributed by atoms with Gasteiger partial charge >= 0.3 is 6.18 Å². The van der Waals surface area contributed by atoms with Crippen LogP contribution in [0.4, 0.5) is 23.4 Å². The molecule has 11 heteroatoms. The molecule has 0 N–H and O–H groups in total. The molecule has 176 valence electrons. The van der Waals surface area contributed by atoms with Gasteiger partial charge in [-0.15, -0.1) is 0 Å². The summed E-state index contributed by atoms with van der Waals surface area (Å²) in [5.41, 5.74) is -0.341. The number of pyridine rings is 1. The number of nitrogens with zero attached hydrogens (tertiary/aromatic N) is 3. The van der Waals surface area contributed by atoms with E-state index in [1.54, 1.807) is 7.11 Å². The van der Waals surface area contributed by atoms with Gasteiger partial charge in [-0.05, 0) is 58.5 Å². The molecule has 0 spiro atoms. The zero-order valence-corrected chi connectivity index (χ0v) is 19.1. The minimum Gasteiger partial charge on any atom is -0.381 e. The molecule has 33 heavy (non-hydrogen) atoms. The zero-order chi connectivity index (χ0) is 23.9. The van der Waals surface area contributed by atoms with Crippen molar-refractivity contribution >= 4 is 33.6 Å². The Kier molecular flexibility index (Phi) is 6.45. The molecule has 2 aliphatic rings. The topological polar surface area (TPSA) is 62.7 Å². The lowest BCUT2D eigenvalue weighted by molar-refractivity contribution is -0.150. The second-order valence-corrected chi connectivity index (χ2v) is 9.05. The van der Waals surface area contributed by atoms with E-state index in [1.807, 2.05) is 0 Å². The third-order valence-corrected chi connectivity index (χ3v) is 6.49. The molecule has 1 aromatic carbocycles. The predicted octanol–water partition coefficient (Wildman–Crippen LogP) is 4.17. The van der Waals surface area contributed by atoms with Gasteiger partial charge in [-0.1, -0.05) is 12.1 Å². The van der Waals surface area contributed by atoms with E-state index in [9.17, 15) is 27.2 Å². The fourth-order valence-electron chi connectivity index (χ4n) is 4.23. The standard InChI is InChI=1S/C22H20BrF4N3O3/c1-33-16-6-13(7-16)19-21(32)30(20-17(24)8-15(23)9-28-20)11-18(31)29(19)10-12-2-4-14(5-3-12)22(25,26)27/h2-5,8-9,13,16,19H,6-7,10-11H2,1H3/t13-,16-,19?. The fraction of sp³-hybridized carbons (Fsp3) is 0.409. The number of hydrogen-bond acceptors (Lipinski definition) is 4. The van der Waals surface area contributed by atoms with Gasteiger partial charge < -0.3 is 9.64 Å². The van der Waals surface area contributed by atoms with E-state index in [0.717, 1.165) is 23.1 Å². The SMILES string of the molecule is CO[C@H]1C[C@H](C2C(=O)N(c3ncc(Br)cc3F)CC(=O)N2Cc2ccc(C(F)(F)F)cc2)C1. The third-order valence-electron chi connectivity index (χ3n) is 6.06. The van der Waals surface area contributed by atoms with Crippen LogP contribution in [-0.2, 0) is 27.0 Å². The molecule has 1 aromatic heterocycles. The average Bonchev–Trinajstić information content (AvgIpc) is 2.71. The number of ether oxygens (including phenoxy) is 1. The molecule has 0 bridgehead atoms. The first-order valence-electron chi connectivity index (χ1n) is 10.2. The van der Waals surface area contributed by atoms with Crippen molar-refractivity contribution in [1.82, 2.24) is 9.88 Å². The first-order chi connectivity index (χ1) is 15.6. The molecule has 0 radical (unpaired) electrons. The maximum Gasteiger partial charge on any atom is 0.416 e. The molecule has 2 heterocycles. The summed E-state index contributed by atoms with van der Waals surface area (Å²) in [6.45, 7) is -0.451. The lowest BCUT2D eigenvalue weighted by atomic mass is 9.75. The molecule has 1 saturated carbocycles. The van der Waals surface area contributed by atoms with Crippen LogP contribution < -0.4 is 4.90 Å². The Morgan fingerprint density at radius 2 is 1.85 bits per heavy atom. The van der Waals surface area contributed by atoms with E-state index in [2.05, 4.69) is 20.9 Å². The number of piperazine rings is 1. The fourth-order valence-corrected chi connectivity index (χ4v) is 4.54. The first-order valence-corrected chi connectivity index (χ1v) is 11.0. The minimum atomic E-state index is -4.47. The number of methoxy groups -OCH3 is 1. The Hall–Kier alpha value is -2.53. The molecule has 2 amide bonds. The smallest absolute Gasteiger partial charge is 0.381 e. The van der Waals surface area contributed by atoms with Crippen LogP contribution in [0.5, 0.6) is 0 Å². The van der Waals surface area contributed by atoms with Crippen molar-refractivity contribution in [2.24, 2.45) is 5.92 Å². The number of rotatable bonds is 5. The number of carbonyl (C=O) groups excluding carboxylic acids is 2. The summed E-state index contributed by atoms with van der Waals surface area (Å²) in [4.78, 5) is 32.9. The van der Waals surface area contributed by atoms with Gasteiger partial charge in [0.25, 0.3) is 5.91 Å². The maximum absolute atomic E-state index is 14.5. The molecular formula is C22H20BrF4N3O3. The zero-order valence-electron chi connectivity index (χ0n) is 17.5. The van der Waals surface area contributed by atoms with Crippen LogP contribution >= 0.6 is 15.9 Å². The Bertz CT molecular complexity index is 1060. The van der Waals surface area contributed by atoms with Gasteiger partial charge in [0.15, 0.2) is 11.6 Å². The van der Waals surface area contributed by atoms with Gasteiger partial charge in [-0.3, -0.25) is 14.5 Å². The van der Waals surface area contributed by atoms with Gasteiger partial charge in [0, 0.05) is 24.3 Å². The van der Waals surface area contributed by atoms with Crippen molar-refractivity contribution in [2.45, 2.75) is 37.7 Å². The van der Waals surface area contributed by atoms with Crippen molar-refractivity contribution in [3.8, 4) is 0 Å². The molecule has 1 atom stereocenters. The van der Waals surface area contributed by atoms with Gasteiger partial charge in [0.05, 0.1) is 11.7 Å². The van der Waals surface area contributed by atoms with Crippen molar-refractivity contribution in [3.63, 3.8) is 0 Å². The summed E-state index contributed by atoms with van der Waals surface area (Å²) < 4.78 is 58.9. The van der Waals surface area contributed by atoms with E-state index in [4.69, 9.17) is 4.74 Å². The summed E-state index contributed by atoms with van der Waals surface area (Å²) in [5.74, 6) is -2.12. The van der Waals surface area contributed by atoms with Gasteiger partial charge in [-0.2, -0.15) is 13.2 Å². The number of alkyl halides is 3. The van der Waals surface area contributed by atoms with Crippen molar-refractivity contribution in [2.75, 3.05) is 18.6 Å². The molecule has 4 rings (SSSR count). The predicted molar refractivity (Wildman–Crippen MR) is 114 cm³/mol. The van der Waals surface area contributed by atoms with Crippen LogP contribution in [0.2, 0.25) is 0 Å². The van der Waals surface area contributed by atoms with Crippen LogP contribution in [-0.4, -0.2) is 47.5 Å². The highest BCUT2D eigenvalue weighted by Gasteiger charge is 2.49. The van der Waals surface area contributed by atoms with Gasteiger partial charge in [-0.25, -0.2) is 9.37 Å². The van der Waals surface area contributed by atoms with Crippen molar-refractivity contribution in [1.29, 1.82) is 0 Å². The maximum atomic E-state index is 14.5. The number of hydrogen-bond donors (Lipinski definition) is 0. The molecule has 2 fully saturated rings. The lowest BCUT2D eigenvalue weighted by Crippen LogP contribution is -2.64. The summed E-state index contributed by atoms with van der Waals surface area (Å²) in [7, 11) is 1.56. The molecule has 1 aliphatic carbocycles.